The summed E-state index contributed by atoms with van der Waals surface area (Å²) in [5, 5.41) is 0. The van der Waals surface area contributed by atoms with Gasteiger partial charge in [-0.1, -0.05) is 41.0 Å². The highest BCUT2D eigenvalue weighted by Crippen LogP contribution is 2.20. The van der Waals surface area contributed by atoms with Crippen molar-refractivity contribution in [1.82, 2.24) is 4.57 Å². The van der Waals surface area contributed by atoms with E-state index in [2.05, 4.69) is 39.2 Å². The van der Waals surface area contributed by atoms with Crippen molar-refractivity contribution >= 4 is 9.68 Å². The second kappa shape index (κ2) is 5.76. The Hall–Kier alpha value is 0.177. The van der Waals surface area contributed by atoms with Crippen LogP contribution in [0.4, 0.5) is 0 Å². The van der Waals surface area contributed by atoms with Gasteiger partial charge in [-0.05, 0) is 24.5 Å². The monoisotopic (exact) mass is 187 g/mol. The van der Waals surface area contributed by atoms with E-state index in [0.29, 0.717) is 5.41 Å². The number of rotatable bonds is 5. The first-order chi connectivity index (χ1) is 5.49. The molecule has 0 unspecified atom stereocenters. The van der Waals surface area contributed by atoms with Crippen LogP contribution < -0.4 is 0 Å². The first-order valence-corrected chi connectivity index (χ1v) is 6.85. The number of hydrogen-bond donors (Lipinski definition) is 0. The molecule has 0 atom stereocenters. The van der Waals surface area contributed by atoms with Crippen LogP contribution in [0, 0.1) is 5.41 Å². The van der Waals surface area contributed by atoms with Gasteiger partial charge in [0, 0.05) is 0 Å². The maximum absolute atomic E-state index is 2.63. The van der Waals surface area contributed by atoms with Crippen molar-refractivity contribution < 1.29 is 0 Å². The molecule has 0 spiro atoms. The summed E-state index contributed by atoms with van der Waals surface area (Å²) < 4.78 is 2.63. The molecule has 0 saturated carbocycles. The molecule has 0 fully saturated rings. The molecule has 0 aliphatic heterocycles. The molecule has 2 heteroatoms. The molecule has 74 valence electrons. The molecule has 0 amide bonds. The summed E-state index contributed by atoms with van der Waals surface area (Å²) >= 11 is 0. The van der Waals surface area contributed by atoms with Gasteiger partial charge in [-0.15, -0.1) is 0 Å². The van der Waals surface area contributed by atoms with Crippen molar-refractivity contribution in [2.45, 2.75) is 47.1 Å². The van der Waals surface area contributed by atoms with Crippen LogP contribution in [0.3, 0.4) is 0 Å². The molecule has 0 aliphatic rings. The fourth-order valence-corrected chi connectivity index (χ4v) is 3.67. The van der Waals surface area contributed by atoms with Crippen LogP contribution in [-0.2, 0) is 0 Å². The number of nitrogens with zero attached hydrogens (tertiary/aromatic N) is 1. The van der Waals surface area contributed by atoms with E-state index in [9.17, 15) is 0 Å². The molecule has 0 radical (unpaired) electrons. The summed E-state index contributed by atoms with van der Waals surface area (Å²) in [5.74, 6) is 0. The molecule has 0 aromatic carbocycles. The minimum absolute atomic E-state index is 0.0788. The Morgan fingerprint density at radius 2 is 1.58 bits per heavy atom. The predicted octanol–water partition coefficient (Wildman–Crippen LogP) is 2.27. The third-order valence-electron chi connectivity index (χ3n) is 2.30. The van der Waals surface area contributed by atoms with Gasteiger partial charge < -0.3 is 4.57 Å². The Kier molecular flexibility index (Phi) is 5.84. The van der Waals surface area contributed by atoms with Crippen LogP contribution in [0.1, 0.15) is 41.0 Å². The maximum Gasteiger partial charge on any atom is 0.0950 e. The van der Waals surface area contributed by atoms with Crippen LogP contribution in [0.2, 0.25) is 6.04 Å². The van der Waals surface area contributed by atoms with E-state index in [1.165, 1.54) is 25.6 Å². The van der Waals surface area contributed by atoms with Gasteiger partial charge in [-0.3, -0.25) is 0 Å². The zero-order chi connectivity index (χ0) is 9.61. The third-order valence-corrected chi connectivity index (χ3v) is 4.49. The van der Waals surface area contributed by atoms with Gasteiger partial charge in [0.15, 0.2) is 0 Å². The van der Waals surface area contributed by atoms with E-state index < -0.39 is 0 Å². The average Bonchev–Trinajstić information content (AvgIpc) is 1.96. The summed E-state index contributed by atoms with van der Waals surface area (Å²) in [5.41, 5.74) is 0.542. The van der Waals surface area contributed by atoms with Crippen LogP contribution in [0.25, 0.3) is 0 Å². The van der Waals surface area contributed by atoms with Crippen molar-refractivity contribution in [2.24, 2.45) is 5.41 Å². The first kappa shape index (κ1) is 12.2. The molecule has 0 aromatic heterocycles. The van der Waals surface area contributed by atoms with Crippen molar-refractivity contribution in [3.8, 4) is 0 Å². The van der Waals surface area contributed by atoms with Gasteiger partial charge in [0.2, 0.25) is 0 Å². The zero-order valence-electron chi connectivity index (χ0n) is 9.48. The molecule has 0 bridgehead atoms. The van der Waals surface area contributed by atoms with Gasteiger partial charge in [0.1, 0.15) is 0 Å². The minimum Gasteiger partial charge on any atom is -0.330 e. The van der Waals surface area contributed by atoms with E-state index in [1.54, 1.807) is 0 Å². The van der Waals surface area contributed by atoms with E-state index in [0.717, 1.165) is 0 Å². The lowest BCUT2D eigenvalue weighted by Crippen LogP contribution is -2.27. The predicted molar refractivity (Wildman–Crippen MR) is 60.3 cm³/mol. The van der Waals surface area contributed by atoms with Gasteiger partial charge in [0.05, 0.1) is 9.68 Å². The molecular formula is C10H25NSi. The van der Waals surface area contributed by atoms with Crippen LogP contribution in [0.5, 0.6) is 0 Å². The average molecular weight is 187 g/mol. The van der Waals surface area contributed by atoms with Crippen LogP contribution in [-0.4, -0.2) is 27.3 Å². The summed E-state index contributed by atoms with van der Waals surface area (Å²) in [6.45, 7) is 14.1. The Morgan fingerprint density at radius 1 is 1.08 bits per heavy atom. The summed E-state index contributed by atoms with van der Waals surface area (Å²) in [6.07, 6.45) is 1.40. The molecular weight excluding hydrogens is 162 g/mol. The second-order valence-electron chi connectivity index (χ2n) is 4.69. The van der Waals surface area contributed by atoms with Crippen LogP contribution in [0.15, 0.2) is 0 Å². The fourth-order valence-electron chi connectivity index (χ4n) is 1.37. The van der Waals surface area contributed by atoms with Crippen molar-refractivity contribution in [1.29, 1.82) is 0 Å². The van der Waals surface area contributed by atoms with E-state index in [1.807, 2.05) is 0 Å². The van der Waals surface area contributed by atoms with Crippen molar-refractivity contribution in [2.75, 3.05) is 13.1 Å². The standard InChI is InChI=1S/C10H25NSi/c1-6-11(7-2)12-9-8-10(3,4)5/h6-9,12H2,1-5H3. The molecule has 0 saturated heterocycles. The molecule has 1 nitrogen and oxygen atoms in total. The molecule has 0 aliphatic carbocycles. The minimum atomic E-state index is 0.0788. The first-order valence-electron chi connectivity index (χ1n) is 5.22. The van der Waals surface area contributed by atoms with Crippen LogP contribution >= 0.6 is 0 Å². The molecule has 12 heavy (non-hydrogen) atoms. The summed E-state index contributed by atoms with van der Waals surface area (Å²) in [4.78, 5) is 0. The smallest absolute Gasteiger partial charge is 0.0950 e. The molecule has 0 N–H and O–H groups in total. The maximum atomic E-state index is 2.63. The Labute approximate surface area is 80.4 Å². The fraction of sp³-hybridized carbons (Fsp3) is 1.00. The lowest BCUT2D eigenvalue weighted by atomic mass is 9.94. The van der Waals surface area contributed by atoms with Gasteiger partial charge in [-0.25, -0.2) is 0 Å². The Morgan fingerprint density at radius 3 is 1.92 bits per heavy atom. The number of hydrogen-bond acceptors (Lipinski definition) is 1. The Balaban J connectivity index is 3.41. The quantitative estimate of drug-likeness (QED) is 0.597. The lowest BCUT2D eigenvalue weighted by Gasteiger charge is -2.21. The highest BCUT2D eigenvalue weighted by Gasteiger charge is 2.10. The third kappa shape index (κ3) is 6.86. The van der Waals surface area contributed by atoms with E-state index in [-0.39, 0.29) is 9.68 Å². The van der Waals surface area contributed by atoms with Crippen molar-refractivity contribution in [3.63, 3.8) is 0 Å². The van der Waals surface area contributed by atoms with Gasteiger partial charge >= 0.3 is 0 Å². The normalized spacial score (nSPS) is 13.5. The molecule has 0 rings (SSSR count). The second-order valence-corrected chi connectivity index (χ2v) is 6.74. The van der Waals surface area contributed by atoms with Crippen molar-refractivity contribution in [3.05, 3.63) is 0 Å². The SMILES string of the molecule is CCN(CC)[SiH2]CCC(C)(C)C. The Bertz CT molecular complexity index is 103. The topological polar surface area (TPSA) is 3.24 Å². The molecule has 0 heterocycles. The summed E-state index contributed by atoms with van der Waals surface area (Å²) in [7, 11) is 0.0788. The van der Waals surface area contributed by atoms with Gasteiger partial charge in [-0.2, -0.15) is 0 Å². The summed E-state index contributed by atoms with van der Waals surface area (Å²) in [6, 6.07) is 1.48. The lowest BCUT2D eigenvalue weighted by molar-refractivity contribution is 0.390. The highest BCUT2D eigenvalue weighted by atomic mass is 28.2. The van der Waals surface area contributed by atoms with E-state index in [4.69, 9.17) is 0 Å². The molecule has 0 aromatic rings. The largest absolute Gasteiger partial charge is 0.330 e. The van der Waals surface area contributed by atoms with Gasteiger partial charge in [0.25, 0.3) is 0 Å². The highest BCUT2D eigenvalue weighted by molar-refractivity contribution is 6.31. The van der Waals surface area contributed by atoms with E-state index >= 15 is 0 Å². The zero-order valence-corrected chi connectivity index (χ0v) is 10.9.